The van der Waals surface area contributed by atoms with E-state index >= 15 is 0 Å². The number of amides is 1. The van der Waals surface area contributed by atoms with Crippen molar-refractivity contribution >= 4 is 35.8 Å². The van der Waals surface area contributed by atoms with Gasteiger partial charge in [-0.2, -0.15) is 0 Å². The van der Waals surface area contributed by atoms with Crippen LogP contribution in [-0.2, 0) is 18.3 Å². The Bertz CT molecular complexity index is 603. The molecule has 0 N–H and O–H groups in total. The number of para-hydroxylation sites is 1. The van der Waals surface area contributed by atoms with E-state index in [0.717, 1.165) is 12.0 Å². The van der Waals surface area contributed by atoms with Gasteiger partial charge < -0.3 is 0 Å². The number of nitrogens with zero attached hydrogens (tertiary/aromatic N) is 1. The van der Waals surface area contributed by atoms with Gasteiger partial charge in [0.1, 0.15) is 0 Å². The standard InChI is InChI=1S/C16H21NO3.2ClH.Ru/c1-5-13-9-17(16(18)19-10-11(2)3)14-8-6-7-12(4)15(14)20-13;;;/h4,6-8,11,13H,5,9-10H2,1-3H3;2*1H;/q;;;+2/p-2. The summed E-state index contributed by atoms with van der Waals surface area (Å²) in [5, 5.41) is 0. The molecule has 7 heteroatoms. The first-order chi connectivity index (χ1) is 10.9. The molecule has 1 aliphatic rings. The molecule has 1 aliphatic heterocycles. The zero-order valence-electron chi connectivity index (χ0n) is 13.4. The summed E-state index contributed by atoms with van der Waals surface area (Å²) >= 11 is -1.98. The quantitative estimate of drug-likeness (QED) is 0.637. The molecule has 4 nitrogen and oxygen atoms in total. The van der Waals surface area contributed by atoms with Crippen molar-refractivity contribution in [3.05, 3.63) is 23.8 Å². The van der Waals surface area contributed by atoms with E-state index in [1.54, 1.807) is 4.90 Å². The molecule has 1 amide bonds. The Morgan fingerprint density at radius 2 is 2.26 bits per heavy atom. The van der Waals surface area contributed by atoms with Crippen LogP contribution in [0.3, 0.4) is 0 Å². The van der Waals surface area contributed by atoms with Crippen LogP contribution in [0.4, 0.5) is 10.5 Å². The summed E-state index contributed by atoms with van der Waals surface area (Å²) in [4.78, 5) is 14.1. The van der Waals surface area contributed by atoms with Crippen molar-refractivity contribution in [2.24, 2.45) is 5.92 Å². The van der Waals surface area contributed by atoms with Crippen LogP contribution in [0.2, 0.25) is 0 Å². The predicted octanol–water partition coefficient (Wildman–Crippen LogP) is 4.53. The molecule has 1 unspecified atom stereocenters. The van der Waals surface area contributed by atoms with E-state index < -0.39 is 13.5 Å². The Kier molecular flexibility index (Phi) is 6.88. The van der Waals surface area contributed by atoms with Gasteiger partial charge in [0.2, 0.25) is 0 Å². The zero-order chi connectivity index (χ0) is 17.0. The molecule has 0 bridgehead atoms. The molecule has 1 aromatic rings. The second kappa shape index (κ2) is 8.46. The van der Waals surface area contributed by atoms with Gasteiger partial charge in [-0.3, -0.25) is 0 Å². The normalized spacial score (nSPS) is 17.4. The van der Waals surface area contributed by atoms with E-state index in [4.69, 9.17) is 28.9 Å². The van der Waals surface area contributed by atoms with Gasteiger partial charge in [0, 0.05) is 0 Å². The fourth-order valence-electron chi connectivity index (χ4n) is 2.25. The minimum absolute atomic E-state index is 0.0741. The van der Waals surface area contributed by atoms with Crippen molar-refractivity contribution in [1.29, 1.82) is 0 Å². The summed E-state index contributed by atoms with van der Waals surface area (Å²) in [6, 6.07) is 5.63. The van der Waals surface area contributed by atoms with Crippen LogP contribution in [-0.4, -0.2) is 30.0 Å². The average Bonchev–Trinajstić information content (AvgIpc) is 2.51. The summed E-state index contributed by atoms with van der Waals surface area (Å²) < 4.78 is 13.3. The van der Waals surface area contributed by atoms with Crippen LogP contribution < -0.4 is 9.64 Å². The van der Waals surface area contributed by atoms with E-state index in [9.17, 15) is 4.79 Å². The number of ether oxygens (including phenoxy) is 2. The maximum atomic E-state index is 12.5. The number of rotatable bonds is 4. The molecule has 0 fully saturated rings. The second-order valence-corrected chi connectivity index (χ2v) is 11.5. The first-order valence-corrected chi connectivity index (χ1v) is 13.0. The molecule has 1 atom stereocenters. The number of fused-ring (bicyclic) bond motifs is 1. The molecule has 130 valence electrons. The van der Waals surface area contributed by atoms with Gasteiger partial charge in [0.05, 0.1) is 0 Å². The van der Waals surface area contributed by atoms with Crippen molar-refractivity contribution in [2.75, 3.05) is 18.1 Å². The molecule has 0 saturated carbocycles. The SMILES string of the molecule is CCC1CN(C(=O)OCC(C)C)c2cccc([CH]=[Ru]([Cl])[Cl])c2O1. The van der Waals surface area contributed by atoms with Gasteiger partial charge >= 0.3 is 150 Å². The topological polar surface area (TPSA) is 38.8 Å². The number of carbonyl (C=O) groups excluding carboxylic acids is 1. The predicted molar refractivity (Wildman–Crippen MR) is 91.6 cm³/mol. The van der Waals surface area contributed by atoms with Gasteiger partial charge in [-0.05, 0) is 0 Å². The van der Waals surface area contributed by atoms with Crippen LogP contribution in [0.1, 0.15) is 32.8 Å². The fraction of sp³-hybridized carbons (Fsp3) is 0.500. The minimum atomic E-state index is -1.98. The van der Waals surface area contributed by atoms with Gasteiger partial charge in [0.15, 0.2) is 0 Å². The Balaban J connectivity index is 2.36. The van der Waals surface area contributed by atoms with E-state index in [0.29, 0.717) is 30.5 Å². The molecule has 1 heterocycles. The van der Waals surface area contributed by atoms with Crippen molar-refractivity contribution in [3.8, 4) is 5.75 Å². The summed E-state index contributed by atoms with van der Waals surface area (Å²) in [6.45, 7) is 6.92. The number of hydrogen-bond donors (Lipinski definition) is 0. The number of anilines is 1. The van der Waals surface area contributed by atoms with Crippen LogP contribution in [0, 0.1) is 5.92 Å². The van der Waals surface area contributed by atoms with Crippen molar-refractivity contribution in [3.63, 3.8) is 0 Å². The molecule has 23 heavy (non-hydrogen) atoms. The summed E-state index contributed by atoms with van der Waals surface area (Å²) in [5.41, 5.74) is 1.55. The first kappa shape index (κ1) is 18.7. The van der Waals surface area contributed by atoms with Crippen LogP contribution >= 0.6 is 19.4 Å². The van der Waals surface area contributed by atoms with Crippen molar-refractivity contribution in [2.45, 2.75) is 33.3 Å². The van der Waals surface area contributed by atoms with Gasteiger partial charge in [-0.25, -0.2) is 0 Å². The van der Waals surface area contributed by atoms with Crippen LogP contribution in [0.5, 0.6) is 5.75 Å². The molecular formula is C16H21Cl2NO3Ru. The third kappa shape index (κ3) is 4.92. The van der Waals surface area contributed by atoms with E-state index in [2.05, 4.69) is 0 Å². The number of hydrogen-bond acceptors (Lipinski definition) is 3. The number of halogens is 2. The number of benzene rings is 1. The molecular weight excluding hydrogens is 426 g/mol. The second-order valence-electron chi connectivity index (χ2n) is 5.73. The Morgan fingerprint density at radius 1 is 1.52 bits per heavy atom. The maximum absolute atomic E-state index is 12.5. The molecule has 1 aromatic carbocycles. The van der Waals surface area contributed by atoms with Gasteiger partial charge in [-0.15, -0.1) is 0 Å². The van der Waals surface area contributed by atoms with E-state index in [-0.39, 0.29) is 12.2 Å². The Labute approximate surface area is 150 Å². The molecule has 0 aliphatic carbocycles. The number of carbonyl (C=O) groups is 1. The zero-order valence-corrected chi connectivity index (χ0v) is 16.6. The third-order valence-electron chi connectivity index (χ3n) is 3.39. The van der Waals surface area contributed by atoms with E-state index in [1.165, 1.54) is 0 Å². The van der Waals surface area contributed by atoms with Crippen molar-refractivity contribution in [1.82, 2.24) is 0 Å². The molecule has 0 radical (unpaired) electrons. The molecule has 0 saturated heterocycles. The Morgan fingerprint density at radius 3 is 2.87 bits per heavy atom. The van der Waals surface area contributed by atoms with Gasteiger partial charge in [-0.1, -0.05) is 0 Å². The Hall–Kier alpha value is -0.637. The molecule has 2 rings (SSSR count). The monoisotopic (exact) mass is 447 g/mol. The van der Waals surface area contributed by atoms with E-state index in [1.807, 2.05) is 43.6 Å². The van der Waals surface area contributed by atoms with Crippen LogP contribution in [0.25, 0.3) is 0 Å². The van der Waals surface area contributed by atoms with Gasteiger partial charge in [0.25, 0.3) is 0 Å². The fourth-order valence-corrected chi connectivity index (χ4v) is 4.04. The average molecular weight is 447 g/mol. The summed E-state index contributed by atoms with van der Waals surface area (Å²) in [5.74, 6) is 0.952. The molecule has 0 aromatic heterocycles. The summed E-state index contributed by atoms with van der Waals surface area (Å²) in [6.07, 6.45) is 0.379. The third-order valence-corrected chi connectivity index (χ3v) is 5.22. The van der Waals surface area contributed by atoms with Crippen molar-refractivity contribution < 1.29 is 27.8 Å². The first-order valence-electron chi connectivity index (χ1n) is 7.49. The molecule has 0 spiro atoms. The van der Waals surface area contributed by atoms with Crippen LogP contribution in [0.15, 0.2) is 18.2 Å². The summed E-state index contributed by atoms with van der Waals surface area (Å²) in [7, 11) is 12.0.